The van der Waals surface area contributed by atoms with E-state index in [2.05, 4.69) is 10.5 Å². The van der Waals surface area contributed by atoms with Crippen LogP contribution in [0.2, 0.25) is 0 Å². The Morgan fingerprint density at radius 3 is 2.67 bits per heavy atom. The fourth-order valence-corrected chi connectivity index (χ4v) is 1.86. The van der Waals surface area contributed by atoms with E-state index in [1.165, 1.54) is 0 Å². The van der Waals surface area contributed by atoms with Gasteiger partial charge in [0.25, 0.3) is 0 Å². The van der Waals surface area contributed by atoms with Crippen molar-refractivity contribution in [2.75, 3.05) is 5.73 Å². The monoisotopic (exact) mass is 239 g/mol. The molecule has 1 aromatic carbocycles. The molecule has 0 amide bonds. The van der Waals surface area contributed by atoms with Crippen LogP contribution in [0.25, 0.3) is 5.70 Å². The quantitative estimate of drug-likeness (QED) is 0.789. The molecule has 2 heterocycles. The van der Waals surface area contributed by atoms with E-state index in [-0.39, 0.29) is 6.10 Å². The molecule has 3 N–H and O–H groups in total. The van der Waals surface area contributed by atoms with Crippen LogP contribution in [-0.4, -0.2) is 4.98 Å². The maximum atomic E-state index is 5.66. The first-order valence-corrected chi connectivity index (χ1v) is 5.73. The molecule has 0 bridgehead atoms. The Morgan fingerprint density at radius 2 is 1.94 bits per heavy atom. The Morgan fingerprint density at radius 1 is 1.11 bits per heavy atom. The summed E-state index contributed by atoms with van der Waals surface area (Å²) < 4.78 is 0. The minimum Gasteiger partial charge on any atom is -0.399 e. The summed E-state index contributed by atoms with van der Waals surface area (Å²) in [5.74, 6) is 0. The Bertz CT molecular complexity index is 563. The van der Waals surface area contributed by atoms with Gasteiger partial charge in [-0.15, -0.1) is 0 Å². The Hall–Kier alpha value is -2.33. The molecule has 3 rings (SSSR count). The molecule has 0 fully saturated rings. The number of benzene rings is 1. The molecule has 0 spiro atoms. The first-order valence-electron chi connectivity index (χ1n) is 5.73. The molecule has 4 nitrogen and oxygen atoms in total. The van der Waals surface area contributed by atoms with Crippen LogP contribution in [0, 0.1) is 0 Å². The zero-order valence-corrected chi connectivity index (χ0v) is 9.71. The van der Waals surface area contributed by atoms with E-state index in [0.29, 0.717) is 0 Å². The van der Waals surface area contributed by atoms with E-state index in [1.807, 2.05) is 48.5 Å². The maximum Gasteiger partial charge on any atom is 0.131 e. The maximum absolute atomic E-state index is 5.66. The van der Waals surface area contributed by atoms with Crippen molar-refractivity contribution >= 4 is 11.4 Å². The van der Waals surface area contributed by atoms with E-state index in [0.717, 1.165) is 22.6 Å². The molecule has 0 saturated heterocycles. The van der Waals surface area contributed by atoms with Crippen LogP contribution in [-0.2, 0) is 4.84 Å². The third kappa shape index (κ3) is 2.06. The van der Waals surface area contributed by atoms with Gasteiger partial charge in [-0.3, -0.25) is 15.3 Å². The molecule has 1 aliphatic heterocycles. The lowest BCUT2D eigenvalue weighted by molar-refractivity contribution is 0.0510. The first-order chi connectivity index (χ1) is 8.83. The van der Waals surface area contributed by atoms with Crippen LogP contribution in [0.3, 0.4) is 0 Å². The van der Waals surface area contributed by atoms with Crippen molar-refractivity contribution in [2.24, 2.45) is 0 Å². The SMILES string of the molecule is Nc1ccc(C2C=C(c3ccccn3)NO2)cc1. The highest BCUT2D eigenvalue weighted by atomic mass is 16.7. The van der Waals surface area contributed by atoms with E-state index in [4.69, 9.17) is 10.6 Å². The lowest BCUT2D eigenvalue weighted by Crippen LogP contribution is -2.08. The highest BCUT2D eigenvalue weighted by Crippen LogP contribution is 2.27. The van der Waals surface area contributed by atoms with Crippen LogP contribution < -0.4 is 11.2 Å². The van der Waals surface area contributed by atoms with Crippen molar-refractivity contribution in [3.05, 3.63) is 66.0 Å². The average molecular weight is 239 g/mol. The summed E-state index contributed by atoms with van der Waals surface area (Å²) in [5.41, 5.74) is 12.1. The smallest absolute Gasteiger partial charge is 0.131 e. The summed E-state index contributed by atoms with van der Waals surface area (Å²) in [5, 5.41) is 0. The average Bonchev–Trinajstić information content (AvgIpc) is 2.90. The van der Waals surface area contributed by atoms with Crippen molar-refractivity contribution in [1.29, 1.82) is 0 Å². The van der Waals surface area contributed by atoms with Gasteiger partial charge in [-0.1, -0.05) is 18.2 Å². The van der Waals surface area contributed by atoms with Crippen LogP contribution >= 0.6 is 0 Å². The summed E-state index contributed by atoms with van der Waals surface area (Å²) in [6.45, 7) is 0. The standard InChI is InChI=1S/C14H13N3O/c15-11-6-4-10(5-7-11)14-9-13(17-18-14)12-3-1-2-8-16-12/h1-9,14,17H,15H2. The lowest BCUT2D eigenvalue weighted by Gasteiger charge is -2.07. The van der Waals surface area contributed by atoms with Gasteiger partial charge in [0.15, 0.2) is 0 Å². The summed E-state index contributed by atoms with van der Waals surface area (Å²) >= 11 is 0. The van der Waals surface area contributed by atoms with E-state index < -0.39 is 0 Å². The third-order valence-corrected chi connectivity index (χ3v) is 2.82. The van der Waals surface area contributed by atoms with Crippen molar-refractivity contribution in [3.8, 4) is 0 Å². The number of anilines is 1. The normalized spacial score (nSPS) is 18.2. The van der Waals surface area contributed by atoms with Crippen LogP contribution in [0.5, 0.6) is 0 Å². The van der Waals surface area contributed by atoms with E-state index in [1.54, 1.807) is 6.20 Å². The zero-order valence-electron chi connectivity index (χ0n) is 9.71. The number of pyridine rings is 1. The van der Waals surface area contributed by atoms with Crippen LogP contribution in [0.1, 0.15) is 17.4 Å². The van der Waals surface area contributed by atoms with Crippen molar-refractivity contribution in [1.82, 2.24) is 10.5 Å². The minimum absolute atomic E-state index is 0.109. The highest BCUT2D eigenvalue weighted by Gasteiger charge is 2.19. The number of nitrogen functional groups attached to an aromatic ring is 1. The third-order valence-electron chi connectivity index (χ3n) is 2.82. The summed E-state index contributed by atoms with van der Waals surface area (Å²) in [6.07, 6.45) is 3.66. The predicted octanol–water partition coefficient (Wildman–Crippen LogP) is 2.28. The summed E-state index contributed by atoms with van der Waals surface area (Å²) in [7, 11) is 0. The molecule has 0 radical (unpaired) electrons. The summed E-state index contributed by atoms with van der Waals surface area (Å²) in [6, 6.07) is 13.4. The number of hydrogen-bond donors (Lipinski definition) is 2. The minimum atomic E-state index is -0.109. The van der Waals surface area contributed by atoms with Crippen LogP contribution in [0.4, 0.5) is 5.69 Å². The molecule has 90 valence electrons. The number of rotatable bonds is 2. The molecule has 1 aliphatic rings. The zero-order chi connectivity index (χ0) is 12.4. The first kappa shape index (κ1) is 10.8. The number of aromatic nitrogens is 1. The van der Waals surface area contributed by atoms with Crippen LogP contribution in [0.15, 0.2) is 54.7 Å². The van der Waals surface area contributed by atoms with E-state index >= 15 is 0 Å². The topological polar surface area (TPSA) is 60.2 Å². The Kier molecular flexibility index (Phi) is 2.70. The van der Waals surface area contributed by atoms with Gasteiger partial charge in [-0.05, 0) is 35.9 Å². The number of hydroxylamine groups is 1. The van der Waals surface area contributed by atoms with Crippen molar-refractivity contribution < 1.29 is 4.84 Å². The van der Waals surface area contributed by atoms with Gasteiger partial charge in [-0.25, -0.2) is 0 Å². The molecule has 1 atom stereocenters. The fourth-order valence-electron chi connectivity index (χ4n) is 1.86. The van der Waals surface area contributed by atoms with Gasteiger partial charge in [0.1, 0.15) is 6.10 Å². The molecule has 4 heteroatoms. The Labute approximate surface area is 105 Å². The second-order valence-corrected chi connectivity index (χ2v) is 4.10. The molecule has 0 aliphatic carbocycles. The van der Waals surface area contributed by atoms with Gasteiger partial charge in [0, 0.05) is 11.9 Å². The second-order valence-electron chi connectivity index (χ2n) is 4.10. The number of nitrogens with two attached hydrogens (primary N) is 1. The molecule has 0 saturated carbocycles. The number of nitrogens with one attached hydrogen (secondary N) is 1. The van der Waals surface area contributed by atoms with Gasteiger partial charge < -0.3 is 5.73 Å². The van der Waals surface area contributed by atoms with Gasteiger partial charge >= 0.3 is 0 Å². The van der Waals surface area contributed by atoms with E-state index in [9.17, 15) is 0 Å². The molecular weight excluding hydrogens is 226 g/mol. The Balaban J connectivity index is 1.85. The fraction of sp³-hybridized carbons (Fsp3) is 0.0714. The number of hydrogen-bond acceptors (Lipinski definition) is 4. The highest BCUT2D eigenvalue weighted by molar-refractivity contribution is 5.62. The molecule has 1 unspecified atom stereocenters. The molecule has 2 aromatic rings. The van der Waals surface area contributed by atoms with Gasteiger partial charge in [0.05, 0.1) is 11.4 Å². The predicted molar refractivity (Wildman–Crippen MR) is 70.0 cm³/mol. The largest absolute Gasteiger partial charge is 0.399 e. The van der Waals surface area contributed by atoms with Gasteiger partial charge in [0.2, 0.25) is 0 Å². The second kappa shape index (κ2) is 4.50. The summed E-state index contributed by atoms with van der Waals surface area (Å²) in [4.78, 5) is 9.79. The molecule has 18 heavy (non-hydrogen) atoms. The molecule has 1 aromatic heterocycles. The number of nitrogens with zero attached hydrogens (tertiary/aromatic N) is 1. The van der Waals surface area contributed by atoms with Crippen molar-refractivity contribution in [2.45, 2.75) is 6.10 Å². The molecular formula is C14H13N3O. The van der Waals surface area contributed by atoms with Gasteiger partial charge in [-0.2, -0.15) is 0 Å². The van der Waals surface area contributed by atoms with Crippen molar-refractivity contribution in [3.63, 3.8) is 0 Å². The lowest BCUT2D eigenvalue weighted by atomic mass is 10.1.